The van der Waals surface area contributed by atoms with Gasteiger partial charge >= 0.3 is 5.69 Å². The molecule has 0 aliphatic carbocycles. The Kier molecular flexibility index (Phi) is 7.31. The molecule has 154 valence electrons. The maximum absolute atomic E-state index is 12.7. The van der Waals surface area contributed by atoms with Gasteiger partial charge in [0.15, 0.2) is 0 Å². The average Bonchev–Trinajstić information content (AvgIpc) is 2.95. The number of amides is 1. The molecule has 1 aromatic heterocycles. The lowest BCUT2D eigenvalue weighted by molar-refractivity contribution is -0.121. The normalized spacial score (nSPS) is 17.9. The fourth-order valence-corrected chi connectivity index (χ4v) is 4.25. The summed E-state index contributed by atoms with van der Waals surface area (Å²) in [7, 11) is 0. The van der Waals surface area contributed by atoms with Crippen LogP contribution < -0.4 is 11.0 Å². The van der Waals surface area contributed by atoms with Gasteiger partial charge in [-0.25, -0.2) is 4.79 Å². The first-order chi connectivity index (χ1) is 13.6. The zero-order valence-electron chi connectivity index (χ0n) is 17.3. The topological polar surface area (TPSA) is 59.3 Å². The molecule has 1 aliphatic rings. The van der Waals surface area contributed by atoms with Gasteiger partial charge in [0, 0.05) is 32.6 Å². The minimum atomic E-state index is -0.0185. The zero-order chi connectivity index (χ0) is 19.9. The smallest absolute Gasteiger partial charge is 0.329 e. The van der Waals surface area contributed by atoms with E-state index < -0.39 is 0 Å². The van der Waals surface area contributed by atoms with Crippen molar-refractivity contribution in [3.63, 3.8) is 0 Å². The first-order valence-electron chi connectivity index (χ1n) is 10.8. The predicted molar refractivity (Wildman–Crippen MR) is 114 cm³/mol. The van der Waals surface area contributed by atoms with E-state index >= 15 is 0 Å². The lowest BCUT2D eigenvalue weighted by Gasteiger charge is -2.30. The van der Waals surface area contributed by atoms with Gasteiger partial charge in [0.1, 0.15) is 0 Å². The van der Waals surface area contributed by atoms with Crippen LogP contribution in [0.1, 0.15) is 46.0 Å². The van der Waals surface area contributed by atoms with Crippen LogP contribution in [0.15, 0.2) is 29.1 Å². The number of carbonyl (C=O) groups is 1. The number of imidazole rings is 1. The van der Waals surface area contributed by atoms with Gasteiger partial charge in [0.25, 0.3) is 0 Å². The van der Waals surface area contributed by atoms with Crippen LogP contribution in [0.3, 0.4) is 0 Å². The van der Waals surface area contributed by atoms with Crippen molar-refractivity contribution in [2.24, 2.45) is 5.92 Å². The molecule has 1 aliphatic heterocycles. The molecule has 2 aromatic rings. The molecule has 0 bridgehead atoms. The molecule has 1 fully saturated rings. The summed E-state index contributed by atoms with van der Waals surface area (Å²) in [6, 6.07) is 7.83. The van der Waals surface area contributed by atoms with E-state index in [-0.39, 0.29) is 11.6 Å². The second-order valence-electron chi connectivity index (χ2n) is 8.08. The average molecular weight is 387 g/mol. The number of nitrogens with zero attached hydrogens (tertiary/aromatic N) is 3. The predicted octanol–water partition coefficient (Wildman–Crippen LogP) is 2.84. The monoisotopic (exact) mass is 386 g/mol. The summed E-state index contributed by atoms with van der Waals surface area (Å²) in [6.07, 6.45) is 4.84. The third-order valence-electron chi connectivity index (χ3n) is 5.65. The molecule has 0 saturated carbocycles. The number of hydrogen-bond donors (Lipinski definition) is 1. The number of fused-ring (bicyclic) bond motifs is 1. The van der Waals surface area contributed by atoms with E-state index in [0.717, 1.165) is 36.3 Å². The van der Waals surface area contributed by atoms with Crippen LogP contribution in [-0.4, -0.2) is 46.1 Å². The summed E-state index contributed by atoms with van der Waals surface area (Å²) in [5.74, 6) is 0.808. The van der Waals surface area contributed by atoms with Gasteiger partial charge in [-0.3, -0.25) is 13.9 Å². The van der Waals surface area contributed by atoms with Crippen molar-refractivity contribution in [1.29, 1.82) is 0 Å². The van der Waals surface area contributed by atoms with Crippen LogP contribution in [0.2, 0.25) is 0 Å². The highest BCUT2D eigenvalue weighted by molar-refractivity contribution is 5.77. The largest absolute Gasteiger partial charge is 0.356 e. The van der Waals surface area contributed by atoms with Crippen molar-refractivity contribution in [2.75, 3.05) is 26.2 Å². The Bertz CT molecular complexity index is 839. The van der Waals surface area contributed by atoms with Gasteiger partial charge in [0.2, 0.25) is 5.91 Å². The zero-order valence-corrected chi connectivity index (χ0v) is 17.3. The number of carbonyl (C=O) groups excluding carboxylic acids is 1. The highest BCUT2D eigenvalue weighted by Crippen LogP contribution is 2.15. The Morgan fingerprint density at radius 2 is 1.86 bits per heavy atom. The first-order valence-corrected chi connectivity index (χ1v) is 10.8. The Labute approximate surface area is 167 Å². The molecule has 1 aromatic carbocycles. The van der Waals surface area contributed by atoms with Gasteiger partial charge in [-0.1, -0.05) is 26.0 Å². The summed E-state index contributed by atoms with van der Waals surface area (Å²) in [6.45, 7) is 9.62. The number of para-hydroxylation sites is 2. The molecule has 28 heavy (non-hydrogen) atoms. The van der Waals surface area contributed by atoms with Crippen molar-refractivity contribution in [1.82, 2.24) is 19.4 Å². The molecule has 6 heteroatoms. The highest BCUT2D eigenvalue weighted by atomic mass is 16.2. The van der Waals surface area contributed by atoms with E-state index in [1.807, 2.05) is 28.8 Å². The van der Waals surface area contributed by atoms with Crippen LogP contribution in [-0.2, 0) is 17.9 Å². The quantitative estimate of drug-likeness (QED) is 0.674. The van der Waals surface area contributed by atoms with E-state index in [9.17, 15) is 9.59 Å². The summed E-state index contributed by atoms with van der Waals surface area (Å²) >= 11 is 0. The fourth-order valence-electron chi connectivity index (χ4n) is 4.25. The van der Waals surface area contributed by atoms with Crippen LogP contribution in [0.25, 0.3) is 11.0 Å². The molecule has 1 unspecified atom stereocenters. The molecule has 6 nitrogen and oxygen atoms in total. The number of nitrogens with one attached hydrogen (secondary N) is 1. The summed E-state index contributed by atoms with van der Waals surface area (Å²) < 4.78 is 3.55. The number of likely N-dealkylation sites (tertiary alicyclic amines) is 1. The van der Waals surface area contributed by atoms with Gasteiger partial charge in [-0.05, 0) is 56.8 Å². The molecule has 1 saturated heterocycles. The molecular weight excluding hydrogens is 352 g/mol. The first kappa shape index (κ1) is 20.6. The van der Waals surface area contributed by atoms with E-state index in [0.29, 0.717) is 26.1 Å². The Morgan fingerprint density at radius 3 is 2.54 bits per heavy atom. The molecule has 1 N–H and O–H groups in total. The van der Waals surface area contributed by atoms with E-state index in [2.05, 4.69) is 24.1 Å². The number of rotatable bonds is 9. The summed E-state index contributed by atoms with van der Waals surface area (Å²) in [4.78, 5) is 27.5. The van der Waals surface area contributed by atoms with Gasteiger partial charge < -0.3 is 10.2 Å². The number of aryl methyl sites for hydroxylation is 2. The van der Waals surface area contributed by atoms with E-state index in [1.165, 1.54) is 25.9 Å². The Balaban J connectivity index is 1.48. The number of piperidine rings is 1. The van der Waals surface area contributed by atoms with Crippen molar-refractivity contribution >= 4 is 16.9 Å². The minimum Gasteiger partial charge on any atom is -0.356 e. The second-order valence-corrected chi connectivity index (χ2v) is 8.08. The van der Waals surface area contributed by atoms with Crippen LogP contribution in [0.5, 0.6) is 0 Å². The number of hydrogen-bond acceptors (Lipinski definition) is 3. The third-order valence-corrected chi connectivity index (χ3v) is 5.65. The minimum absolute atomic E-state index is 0.0185. The molecule has 3 rings (SSSR count). The van der Waals surface area contributed by atoms with Gasteiger partial charge in [0.05, 0.1) is 11.0 Å². The summed E-state index contributed by atoms with van der Waals surface area (Å²) in [5.41, 5.74) is 1.84. The Hall–Kier alpha value is -2.08. The lowest BCUT2D eigenvalue weighted by atomic mass is 10.0. The number of aromatic nitrogens is 2. The van der Waals surface area contributed by atoms with Gasteiger partial charge in [-0.15, -0.1) is 0 Å². The Morgan fingerprint density at radius 1 is 1.14 bits per heavy atom. The number of benzene rings is 1. The van der Waals surface area contributed by atoms with Crippen molar-refractivity contribution < 1.29 is 4.79 Å². The molecular formula is C22H34N4O2. The SMILES string of the molecule is CCCn1c(=O)n(CCC(=O)NCCCN2CCCC(C)C2)c2ccccc21. The maximum Gasteiger partial charge on any atom is 0.329 e. The van der Waals surface area contributed by atoms with Crippen molar-refractivity contribution in [3.05, 3.63) is 34.7 Å². The molecule has 0 radical (unpaired) electrons. The van der Waals surface area contributed by atoms with Crippen LogP contribution in [0.4, 0.5) is 0 Å². The van der Waals surface area contributed by atoms with Gasteiger partial charge in [-0.2, -0.15) is 0 Å². The third kappa shape index (κ3) is 5.04. The second kappa shape index (κ2) is 9.92. The molecule has 1 atom stereocenters. The van der Waals surface area contributed by atoms with Crippen LogP contribution >= 0.6 is 0 Å². The fraction of sp³-hybridized carbons (Fsp3) is 0.636. The lowest BCUT2D eigenvalue weighted by Crippen LogP contribution is -2.36. The van der Waals surface area contributed by atoms with E-state index in [1.54, 1.807) is 4.57 Å². The highest BCUT2D eigenvalue weighted by Gasteiger charge is 2.16. The standard InChI is InChI=1S/C22H34N4O2/c1-3-13-25-19-9-4-5-10-20(19)26(22(25)28)16-11-21(27)23-12-7-15-24-14-6-8-18(2)17-24/h4-5,9-10,18H,3,6-8,11-17H2,1-2H3,(H,23,27). The van der Waals surface area contributed by atoms with Crippen LogP contribution in [0, 0.1) is 5.92 Å². The molecule has 2 heterocycles. The maximum atomic E-state index is 12.7. The summed E-state index contributed by atoms with van der Waals surface area (Å²) in [5, 5.41) is 3.02. The van der Waals surface area contributed by atoms with Crippen molar-refractivity contribution in [3.8, 4) is 0 Å². The molecule has 0 spiro atoms. The van der Waals surface area contributed by atoms with E-state index in [4.69, 9.17) is 0 Å². The van der Waals surface area contributed by atoms with Crippen molar-refractivity contribution in [2.45, 2.75) is 59.0 Å². The molecule has 1 amide bonds.